The van der Waals surface area contributed by atoms with Crippen LogP contribution in [-0.2, 0) is 16.0 Å². The lowest BCUT2D eigenvalue weighted by molar-refractivity contribution is -0.141. The minimum atomic E-state index is -0.232. The summed E-state index contributed by atoms with van der Waals surface area (Å²) in [6, 6.07) is 5.93. The first kappa shape index (κ1) is 10.0. The second-order valence-electron chi connectivity index (χ2n) is 3.71. The molecule has 1 heterocycles. The number of methoxy groups -OCH3 is 1. The van der Waals surface area contributed by atoms with E-state index in [4.69, 9.17) is 9.47 Å². The van der Waals surface area contributed by atoms with E-state index in [1.54, 1.807) is 0 Å². The van der Waals surface area contributed by atoms with E-state index in [9.17, 15) is 4.79 Å². The molecule has 0 radical (unpaired) electrons. The van der Waals surface area contributed by atoms with E-state index in [1.807, 2.05) is 25.1 Å². The summed E-state index contributed by atoms with van der Waals surface area (Å²) in [4.78, 5) is 11.3. The summed E-state index contributed by atoms with van der Waals surface area (Å²) in [5.41, 5.74) is 2.17. The van der Waals surface area contributed by atoms with Crippen LogP contribution in [0.5, 0.6) is 5.75 Å². The highest BCUT2D eigenvalue weighted by molar-refractivity contribution is 5.77. The Morgan fingerprint density at radius 2 is 2.33 bits per heavy atom. The summed E-state index contributed by atoms with van der Waals surface area (Å²) >= 11 is 0. The Balaban J connectivity index is 2.26. The van der Waals surface area contributed by atoms with Gasteiger partial charge in [0.2, 0.25) is 0 Å². The molecule has 1 aromatic carbocycles. The average Bonchev–Trinajstić information content (AvgIpc) is 2.73. The van der Waals surface area contributed by atoms with Crippen molar-refractivity contribution in [1.82, 2.24) is 0 Å². The first-order valence-corrected chi connectivity index (χ1v) is 5.06. The Morgan fingerprint density at radius 1 is 1.53 bits per heavy atom. The van der Waals surface area contributed by atoms with Gasteiger partial charge in [-0.25, -0.2) is 0 Å². The van der Waals surface area contributed by atoms with Crippen molar-refractivity contribution in [1.29, 1.82) is 0 Å². The molecule has 0 saturated carbocycles. The van der Waals surface area contributed by atoms with Gasteiger partial charge in [-0.2, -0.15) is 0 Å². The van der Waals surface area contributed by atoms with E-state index in [2.05, 4.69) is 0 Å². The van der Waals surface area contributed by atoms with Crippen molar-refractivity contribution in [3.05, 3.63) is 29.3 Å². The zero-order valence-corrected chi connectivity index (χ0v) is 8.95. The van der Waals surface area contributed by atoms with Gasteiger partial charge in [-0.3, -0.25) is 4.79 Å². The molecule has 0 bridgehead atoms. The number of carbonyl (C=O) groups is 1. The van der Waals surface area contributed by atoms with Gasteiger partial charge < -0.3 is 9.47 Å². The molecule has 1 aliphatic rings. The van der Waals surface area contributed by atoms with Gasteiger partial charge in [0.15, 0.2) is 0 Å². The predicted octanol–water partition coefficient (Wildman–Crippen LogP) is 1.90. The lowest BCUT2D eigenvalue weighted by Gasteiger charge is -2.10. The van der Waals surface area contributed by atoms with Crippen molar-refractivity contribution in [2.75, 3.05) is 13.7 Å². The Morgan fingerprint density at radius 3 is 3.07 bits per heavy atom. The normalized spacial score (nSPS) is 15.3. The monoisotopic (exact) mass is 206 g/mol. The number of rotatable bonds is 2. The van der Waals surface area contributed by atoms with E-state index < -0.39 is 0 Å². The quantitative estimate of drug-likeness (QED) is 0.693. The van der Waals surface area contributed by atoms with E-state index in [1.165, 1.54) is 12.7 Å². The minimum Gasteiger partial charge on any atom is -0.493 e. The van der Waals surface area contributed by atoms with Gasteiger partial charge in [0.05, 0.1) is 19.6 Å². The molecule has 1 aliphatic heterocycles. The van der Waals surface area contributed by atoms with E-state index in [0.29, 0.717) is 0 Å². The molecule has 3 nitrogen and oxygen atoms in total. The molecule has 0 amide bonds. The molecule has 3 heteroatoms. The SMILES string of the molecule is COC(=O)C(C)c1ccc2c(c1)OCC2. The smallest absolute Gasteiger partial charge is 0.312 e. The maximum absolute atomic E-state index is 11.3. The summed E-state index contributed by atoms with van der Waals surface area (Å²) in [6.45, 7) is 2.58. The highest BCUT2D eigenvalue weighted by Crippen LogP contribution is 2.29. The largest absolute Gasteiger partial charge is 0.493 e. The third-order valence-corrected chi connectivity index (χ3v) is 2.77. The molecule has 0 N–H and O–H groups in total. The van der Waals surface area contributed by atoms with Crippen LogP contribution in [-0.4, -0.2) is 19.7 Å². The number of hydrogen-bond donors (Lipinski definition) is 0. The van der Waals surface area contributed by atoms with Gasteiger partial charge in [0.1, 0.15) is 5.75 Å². The molecule has 0 aromatic heterocycles. The predicted molar refractivity (Wildman–Crippen MR) is 56.1 cm³/mol. The molecule has 1 atom stereocenters. The number of hydrogen-bond acceptors (Lipinski definition) is 3. The topological polar surface area (TPSA) is 35.5 Å². The molecular formula is C12H14O3. The van der Waals surface area contributed by atoms with Gasteiger partial charge in [0, 0.05) is 6.42 Å². The highest BCUT2D eigenvalue weighted by Gasteiger charge is 2.19. The first-order chi connectivity index (χ1) is 7.22. The Hall–Kier alpha value is -1.51. The Kier molecular flexibility index (Phi) is 2.62. The fourth-order valence-corrected chi connectivity index (χ4v) is 1.77. The number of carbonyl (C=O) groups excluding carboxylic acids is 1. The van der Waals surface area contributed by atoms with Gasteiger partial charge >= 0.3 is 5.97 Å². The molecule has 0 fully saturated rings. The van der Waals surface area contributed by atoms with Crippen LogP contribution in [0.3, 0.4) is 0 Å². The lowest BCUT2D eigenvalue weighted by Crippen LogP contribution is -2.10. The second-order valence-corrected chi connectivity index (χ2v) is 3.71. The van der Waals surface area contributed by atoms with E-state index in [0.717, 1.165) is 24.3 Å². The Bertz CT molecular complexity index is 384. The molecule has 80 valence electrons. The maximum atomic E-state index is 11.3. The van der Waals surface area contributed by atoms with Crippen LogP contribution in [0.15, 0.2) is 18.2 Å². The van der Waals surface area contributed by atoms with Gasteiger partial charge in [-0.05, 0) is 24.1 Å². The van der Waals surface area contributed by atoms with E-state index in [-0.39, 0.29) is 11.9 Å². The molecule has 0 spiro atoms. The van der Waals surface area contributed by atoms with E-state index >= 15 is 0 Å². The van der Waals surface area contributed by atoms with Crippen molar-refractivity contribution in [3.8, 4) is 5.75 Å². The Labute approximate surface area is 89.0 Å². The zero-order chi connectivity index (χ0) is 10.8. The van der Waals surface area contributed by atoms with Gasteiger partial charge in [0.25, 0.3) is 0 Å². The summed E-state index contributed by atoms with van der Waals surface area (Å²) in [7, 11) is 1.41. The van der Waals surface area contributed by atoms with Crippen molar-refractivity contribution in [2.45, 2.75) is 19.3 Å². The molecule has 0 saturated heterocycles. The zero-order valence-electron chi connectivity index (χ0n) is 8.95. The number of benzene rings is 1. The van der Waals surface area contributed by atoms with Crippen molar-refractivity contribution in [3.63, 3.8) is 0 Å². The summed E-state index contributed by atoms with van der Waals surface area (Å²) in [6.07, 6.45) is 0.961. The van der Waals surface area contributed by atoms with Crippen LogP contribution in [0.2, 0.25) is 0 Å². The number of ether oxygens (including phenoxy) is 2. The third kappa shape index (κ3) is 1.82. The molecule has 1 unspecified atom stereocenters. The third-order valence-electron chi connectivity index (χ3n) is 2.77. The van der Waals surface area contributed by atoms with Crippen LogP contribution in [0.25, 0.3) is 0 Å². The maximum Gasteiger partial charge on any atom is 0.312 e. The standard InChI is InChI=1S/C12H14O3/c1-8(12(13)14-2)10-4-3-9-5-6-15-11(9)7-10/h3-4,7-8H,5-6H2,1-2H3. The average molecular weight is 206 g/mol. The van der Waals surface area contributed by atoms with Crippen molar-refractivity contribution in [2.24, 2.45) is 0 Å². The second kappa shape index (κ2) is 3.93. The minimum absolute atomic E-state index is 0.215. The molecule has 15 heavy (non-hydrogen) atoms. The molecular weight excluding hydrogens is 192 g/mol. The summed E-state index contributed by atoms with van der Waals surface area (Å²) in [5, 5.41) is 0. The highest BCUT2D eigenvalue weighted by atomic mass is 16.5. The number of fused-ring (bicyclic) bond motifs is 1. The summed E-state index contributed by atoms with van der Waals surface area (Å²) in [5.74, 6) is 0.459. The summed E-state index contributed by atoms with van der Waals surface area (Å²) < 4.78 is 10.2. The van der Waals surface area contributed by atoms with Crippen LogP contribution in [0, 0.1) is 0 Å². The number of esters is 1. The van der Waals surface area contributed by atoms with Crippen LogP contribution >= 0.6 is 0 Å². The van der Waals surface area contributed by atoms with Crippen LogP contribution in [0.1, 0.15) is 24.0 Å². The van der Waals surface area contributed by atoms with Gasteiger partial charge in [-0.15, -0.1) is 0 Å². The lowest BCUT2D eigenvalue weighted by atomic mass is 9.99. The molecule has 2 rings (SSSR count). The molecule has 1 aromatic rings. The first-order valence-electron chi connectivity index (χ1n) is 5.06. The van der Waals surface area contributed by atoms with Crippen molar-refractivity contribution >= 4 is 5.97 Å². The fraction of sp³-hybridized carbons (Fsp3) is 0.417. The van der Waals surface area contributed by atoms with Gasteiger partial charge in [-0.1, -0.05) is 12.1 Å². The molecule has 0 aliphatic carbocycles. The van der Waals surface area contributed by atoms with Crippen molar-refractivity contribution < 1.29 is 14.3 Å². The van der Waals surface area contributed by atoms with Crippen LogP contribution in [0.4, 0.5) is 0 Å². The van der Waals surface area contributed by atoms with Crippen LogP contribution < -0.4 is 4.74 Å². The fourth-order valence-electron chi connectivity index (χ4n) is 1.77.